The van der Waals surface area contributed by atoms with Gasteiger partial charge in [-0.15, -0.1) is 0 Å². The molecule has 1 aliphatic rings. The Morgan fingerprint density at radius 3 is 2.21 bits per heavy atom. The molecule has 0 aromatic heterocycles. The van der Waals surface area contributed by atoms with Crippen LogP contribution in [0, 0.1) is 11.8 Å². The molecule has 1 aliphatic carbocycles. The molecule has 2 unspecified atom stereocenters. The first-order chi connectivity index (χ1) is 8.61. The van der Waals surface area contributed by atoms with Gasteiger partial charge in [-0.05, 0) is 12.8 Å². The van der Waals surface area contributed by atoms with Crippen LogP contribution in [0.5, 0.6) is 0 Å². The number of halogens is 6. The van der Waals surface area contributed by atoms with Gasteiger partial charge in [0.15, 0.2) is 6.61 Å². The zero-order valence-electron chi connectivity index (χ0n) is 9.77. The van der Waals surface area contributed by atoms with Crippen molar-refractivity contribution in [3.8, 4) is 0 Å². The van der Waals surface area contributed by atoms with E-state index in [0.29, 0.717) is 12.8 Å². The van der Waals surface area contributed by atoms with Crippen molar-refractivity contribution in [2.24, 2.45) is 11.8 Å². The molecule has 0 bridgehead atoms. The zero-order valence-corrected chi connectivity index (χ0v) is 9.77. The molecule has 0 spiro atoms. The molecule has 0 aliphatic heterocycles. The molecule has 19 heavy (non-hydrogen) atoms. The minimum absolute atomic E-state index is 0.00854. The molecular weight excluding hydrogens is 280 g/mol. The van der Waals surface area contributed by atoms with E-state index in [1.807, 2.05) is 0 Å². The molecule has 1 amide bonds. The summed E-state index contributed by atoms with van der Waals surface area (Å²) in [5, 5.41) is 0. The lowest BCUT2D eigenvalue weighted by atomic mass is 9.78. The predicted octanol–water partition coefficient (Wildman–Crippen LogP) is 2.97. The normalized spacial score (nSPS) is 25.2. The summed E-state index contributed by atoms with van der Waals surface area (Å²) in [6, 6.07) is 0. The first kappa shape index (κ1) is 16.1. The van der Waals surface area contributed by atoms with Crippen molar-refractivity contribution in [1.82, 2.24) is 5.48 Å². The van der Waals surface area contributed by atoms with Crippen LogP contribution in [0.25, 0.3) is 0 Å². The third kappa shape index (κ3) is 5.25. The second-order valence-corrected chi connectivity index (χ2v) is 4.41. The van der Waals surface area contributed by atoms with Crippen molar-refractivity contribution in [2.75, 3.05) is 6.61 Å². The van der Waals surface area contributed by atoms with Crippen LogP contribution in [0.4, 0.5) is 26.3 Å². The Hall–Kier alpha value is -0.990. The fraction of sp³-hybridized carbons (Fsp3) is 0.900. The molecule has 0 radical (unpaired) electrons. The molecular formula is C10H13F6NO2. The fourth-order valence-electron chi connectivity index (χ4n) is 2.10. The van der Waals surface area contributed by atoms with Gasteiger partial charge in [0, 0.05) is 0 Å². The van der Waals surface area contributed by atoms with E-state index in [4.69, 9.17) is 0 Å². The SMILES string of the molecule is O=C(NOCC(F)(F)F)C1CCCCC1C(F)(F)F. The highest BCUT2D eigenvalue weighted by Gasteiger charge is 2.48. The summed E-state index contributed by atoms with van der Waals surface area (Å²) < 4.78 is 73.3. The van der Waals surface area contributed by atoms with Crippen molar-refractivity contribution in [3.05, 3.63) is 0 Å². The summed E-state index contributed by atoms with van der Waals surface area (Å²) in [6.45, 7) is -1.73. The van der Waals surface area contributed by atoms with Gasteiger partial charge in [-0.1, -0.05) is 12.8 Å². The average molecular weight is 293 g/mol. The molecule has 1 N–H and O–H groups in total. The van der Waals surface area contributed by atoms with Crippen molar-refractivity contribution < 1.29 is 36.0 Å². The highest BCUT2D eigenvalue weighted by Crippen LogP contribution is 2.41. The Morgan fingerprint density at radius 2 is 1.68 bits per heavy atom. The molecule has 1 fully saturated rings. The molecule has 112 valence electrons. The Morgan fingerprint density at radius 1 is 1.11 bits per heavy atom. The van der Waals surface area contributed by atoms with Gasteiger partial charge in [0.05, 0.1) is 11.8 Å². The zero-order chi connectivity index (χ0) is 14.7. The maximum atomic E-state index is 12.7. The van der Waals surface area contributed by atoms with E-state index in [9.17, 15) is 31.1 Å². The lowest BCUT2D eigenvalue weighted by Crippen LogP contribution is -2.43. The third-order valence-corrected chi connectivity index (χ3v) is 2.93. The fourth-order valence-corrected chi connectivity index (χ4v) is 2.10. The van der Waals surface area contributed by atoms with E-state index in [-0.39, 0.29) is 12.8 Å². The summed E-state index contributed by atoms with van der Waals surface area (Å²) in [6.07, 6.45) is -8.61. The summed E-state index contributed by atoms with van der Waals surface area (Å²) >= 11 is 0. The number of amides is 1. The number of hydrogen-bond donors (Lipinski definition) is 1. The van der Waals surface area contributed by atoms with Crippen LogP contribution >= 0.6 is 0 Å². The van der Waals surface area contributed by atoms with Gasteiger partial charge in [-0.25, -0.2) is 5.48 Å². The molecule has 0 saturated heterocycles. The maximum Gasteiger partial charge on any atom is 0.414 e. The lowest BCUT2D eigenvalue weighted by molar-refractivity contribution is -0.209. The smallest absolute Gasteiger partial charge is 0.272 e. The van der Waals surface area contributed by atoms with E-state index >= 15 is 0 Å². The molecule has 0 aromatic rings. The number of alkyl halides is 6. The van der Waals surface area contributed by atoms with Crippen LogP contribution in [0.3, 0.4) is 0 Å². The van der Waals surface area contributed by atoms with Crippen molar-refractivity contribution >= 4 is 5.91 Å². The van der Waals surface area contributed by atoms with Crippen molar-refractivity contribution in [1.29, 1.82) is 0 Å². The third-order valence-electron chi connectivity index (χ3n) is 2.93. The largest absolute Gasteiger partial charge is 0.414 e. The quantitative estimate of drug-likeness (QED) is 0.642. The van der Waals surface area contributed by atoms with Gasteiger partial charge in [0.25, 0.3) is 0 Å². The number of hydroxylamine groups is 1. The van der Waals surface area contributed by atoms with Gasteiger partial charge in [-0.2, -0.15) is 26.3 Å². The van der Waals surface area contributed by atoms with E-state index in [1.54, 1.807) is 0 Å². The van der Waals surface area contributed by atoms with Gasteiger partial charge < -0.3 is 0 Å². The summed E-state index contributed by atoms with van der Waals surface area (Å²) in [5.74, 6) is -4.36. The van der Waals surface area contributed by atoms with Crippen LogP contribution < -0.4 is 5.48 Å². The van der Waals surface area contributed by atoms with Gasteiger partial charge >= 0.3 is 12.4 Å². The number of hydrogen-bond acceptors (Lipinski definition) is 2. The highest BCUT2D eigenvalue weighted by atomic mass is 19.4. The summed E-state index contributed by atoms with van der Waals surface area (Å²) in [7, 11) is 0. The van der Waals surface area contributed by atoms with Crippen LogP contribution in [0.15, 0.2) is 0 Å². The van der Waals surface area contributed by atoms with E-state index < -0.39 is 36.7 Å². The Labute approximate surface area is 105 Å². The molecule has 2 atom stereocenters. The minimum atomic E-state index is -4.65. The van der Waals surface area contributed by atoms with Gasteiger partial charge in [0.1, 0.15) is 0 Å². The minimum Gasteiger partial charge on any atom is -0.272 e. The lowest BCUT2D eigenvalue weighted by Gasteiger charge is -2.31. The van der Waals surface area contributed by atoms with Crippen LogP contribution in [-0.4, -0.2) is 24.9 Å². The molecule has 9 heteroatoms. The monoisotopic (exact) mass is 293 g/mol. The number of carbonyl (C=O) groups excluding carboxylic acids is 1. The number of carbonyl (C=O) groups is 1. The summed E-state index contributed by atoms with van der Waals surface area (Å²) in [5.41, 5.74) is 1.45. The highest BCUT2D eigenvalue weighted by molar-refractivity contribution is 5.78. The number of nitrogens with one attached hydrogen (secondary N) is 1. The molecule has 1 saturated carbocycles. The molecule has 0 heterocycles. The maximum absolute atomic E-state index is 12.7. The molecule has 0 aromatic carbocycles. The second-order valence-electron chi connectivity index (χ2n) is 4.41. The predicted molar refractivity (Wildman–Crippen MR) is 51.7 cm³/mol. The Kier molecular flexibility index (Phi) is 5.05. The first-order valence-corrected chi connectivity index (χ1v) is 5.66. The summed E-state index contributed by atoms with van der Waals surface area (Å²) in [4.78, 5) is 15.3. The topological polar surface area (TPSA) is 38.3 Å². The average Bonchev–Trinajstić information content (AvgIpc) is 2.26. The van der Waals surface area contributed by atoms with E-state index in [1.165, 1.54) is 5.48 Å². The number of rotatable bonds is 3. The Bertz CT molecular complexity index is 314. The molecule has 3 nitrogen and oxygen atoms in total. The van der Waals surface area contributed by atoms with Crippen LogP contribution in [-0.2, 0) is 9.63 Å². The standard InChI is InChI=1S/C10H13F6NO2/c11-9(12,13)5-19-17-8(18)6-3-1-2-4-7(6)10(14,15)16/h6-7H,1-5H2,(H,17,18). The van der Waals surface area contributed by atoms with Gasteiger partial charge in [0.2, 0.25) is 5.91 Å². The first-order valence-electron chi connectivity index (χ1n) is 5.66. The Balaban J connectivity index is 2.53. The van der Waals surface area contributed by atoms with E-state index in [0.717, 1.165) is 0 Å². The molecule has 1 rings (SSSR count). The van der Waals surface area contributed by atoms with Crippen molar-refractivity contribution in [2.45, 2.75) is 38.0 Å². The van der Waals surface area contributed by atoms with E-state index in [2.05, 4.69) is 4.84 Å². The van der Waals surface area contributed by atoms with Gasteiger partial charge in [-0.3, -0.25) is 9.63 Å². The van der Waals surface area contributed by atoms with Crippen molar-refractivity contribution in [3.63, 3.8) is 0 Å². The van der Waals surface area contributed by atoms with Crippen LogP contribution in [0.1, 0.15) is 25.7 Å². The van der Waals surface area contributed by atoms with Crippen LogP contribution in [0.2, 0.25) is 0 Å². The second kappa shape index (κ2) is 5.98.